The fraction of sp³-hybridized carbons (Fsp3) is 0.571. The van der Waals surface area contributed by atoms with Crippen molar-refractivity contribution in [1.82, 2.24) is 25.0 Å². The molecule has 2 aromatic rings. The summed E-state index contributed by atoms with van der Waals surface area (Å²) in [4.78, 5) is 7.03. The molecule has 19 heavy (non-hydrogen) atoms. The van der Waals surface area contributed by atoms with Gasteiger partial charge in [-0.2, -0.15) is 5.10 Å². The maximum atomic E-state index is 4.54. The lowest BCUT2D eigenvalue weighted by molar-refractivity contribution is 0.199. The summed E-state index contributed by atoms with van der Waals surface area (Å²) in [5.41, 5.74) is 3.30. The zero-order chi connectivity index (χ0) is 13.4. The summed E-state index contributed by atoms with van der Waals surface area (Å²) in [6.45, 7) is 8.53. The SMILES string of the molecule is Cc1nn(C)c2ncc(CN3CCNC(C)C3)cc12. The minimum absolute atomic E-state index is 0.575. The van der Waals surface area contributed by atoms with Crippen LogP contribution >= 0.6 is 0 Å². The Morgan fingerprint density at radius 3 is 3.11 bits per heavy atom. The Morgan fingerprint density at radius 1 is 1.47 bits per heavy atom. The van der Waals surface area contributed by atoms with E-state index in [0.29, 0.717) is 6.04 Å². The first-order valence-corrected chi connectivity index (χ1v) is 6.87. The molecule has 1 aliphatic heterocycles. The van der Waals surface area contributed by atoms with Crippen LogP contribution in [-0.4, -0.2) is 45.3 Å². The van der Waals surface area contributed by atoms with Gasteiger partial charge in [0.2, 0.25) is 0 Å². The van der Waals surface area contributed by atoms with Gasteiger partial charge >= 0.3 is 0 Å². The molecule has 1 unspecified atom stereocenters. The molecule has 0 saturated carbocycles. The Morgan fingerprint density at radius 2 is 2.32 bits per heavy atom. The minimum atomic E-state index is 0.575. The molecule has 0 aromatic carbocycles. The molecule has 1 fully saturated rings. The van der Waals surface area contributed by atoms with Gasteiger partial charge in [-0.1, -0.05) is 0 Å². The number of pyridine rings is 1. The van der Waals surface area contributed by atoms with E-state index in [4.69, 9.17) is 0 Å². The lowest BCUT2D eigenvalue weighted by Gasteiger charge is -2.31. The molecule has 0 aliphatic carbocycles. The van der Waals surface area contributed by atoms with E-state index in [1.165, 1.54) is 10.9 Å². The highest BCUT2D eigenvalue weighted by Crippen LogP contribution is 2.17. The Kier molecular flexibility index (Phi) is 3.24. The van der Waals surface area contributed by atoms with Gasteiger partial charge in [0.1, 0.15) is 0 Å². The van der Waals surface area contributed by atoms with Crippen LogP contribution in [0.25, 0.3) is 11.0 Å². The number of aryl methyl sites for hydroxylation is 2. The fourth-order valence-electron chi connectivity index (χ4n) is 2.85. The quantitative estimate of drug-likeness (QED) is 0.876. The third-order valence-electron chi connectivity index (χ3n) is 3.78. The average molecular weight is 259 g/mol. The minimum Gasteiger partial charge on any atom is -0.312 e. The molecule has 1 saturated heterocycles. The summed E-state index contributed by atoms with van der Waals surface area (Å²) >= 11 is 0. The molecule has 102 valence electrons. The summed E-state index contributed by atoms with van der Waals surface area (Å²) in [6, 6.07) is 2.81. The van der Waals surface area contributed by atoms with Crippen molar-refractivity contribution in [3.8, 4) is 0 Å². The molecule has 2 aromatic heterocycles. The van der Waals surface area contributed by atoms with Crippen molar-refractivity contribution < 1.29 is 0 Å². The van der Waals surface area contributed by atoms with E-state index >= 15 is 0 Å². The Labute approximate surface area is 113 Å². The van der Waals surface area contributed by atoms with Gasteiger partial charge in [-0.3, -0.25) is 9.58 Å². The van der Waals surface area contributed by atoms with Gasteiger partial charge in [-0.25, -0.2) is 4.98 Å². The van der Waals surface area contributed by atoms with Crippen LogP contribution in [0.1, 0.15) is 18.2 Å². The molecule has 0 bridgehead atoms. The molecule has 0 spiro atoms. The third kappa shape index (κ3) is 2.48. The number of rotatable bonds is 2. The monoisotopic (exact) mass is 259 g/mol. The van der Waals surface area contributed by atoms with Gasteiger partial charge in [-0.05, 0) is 25.5 Å². The number of nitrogens with one attached hydrogen (secondary N) is 1. The molecule has 1 atom stereocenters. The molecule has 3 rings (SSSR count). The van der Waals surface area contributed by atoms with E-state index in [1.807, 2.05) is 24.9 Å². The predicted octanol–water partition coefficient (Wildman–Crippen LogP) is 1.07. The van der Waals surface area contributed by atoms with Crippen molar-refractivity contribution in [2.24, 2.45) is 7.05 Å². The number of hydrogen-bond acceptors (Lipinski definition) is 4. The number of fused-ring (bicyclic) bond motifs is 1. The standard InChI is InChI=1S/C14H21N5/c1-10-8-19(5-4-15-10)9-12-6-13-11(2)17-18(3)14(13)16-7-12/h6-7,10,15H,4-5,8-9H2,1-3H3. The number of hydrogen-bond donors (Lipinski definition) is 1. The second kappa shape index (κ2) is 4.90. The van der Waals surface area contributed by atoms with Crippen molar-refractivity contribution in [2.75, 3.05) is 19.6 Å². The first kappa shape index (κ1) is 12.6. The van der Waals surface area contributed by atoms with E-state index in [-0.39, 0.29) is 0 Å². The van der Waals surface area contributed by atoms with Crippen molar-refractivity contribution >= 4 is 11.0 Å². The Balaban J connectivity index is 1.83. The molecule has 1 N–H and O–H groups in total. The van der Waals surface area contributed by atoms with Gasteiger partial charge < -0.3 is 5.32 Å². The van der Waals surface area contributed by atoms with Crippen LogP contribution in [-0.2, 0) is 13.6 Å². The van der Waals surface area contributed by atoms with E-state index < -0.39 is 0 Å². The topological polar surface area (TPSA) is 46.0 Å². The highest BCUT2D eigenvalue weighted by molar-refractivity contribution is 5.78. The first-order valence-electron chi connectivity index (χ1n) is 6.87. The summed E-state index contributed by atoms with van der Waals surface area (Å²) < 4.78 is 1.85. The van der Waals surface area contributed by atoms with Crippen molar-refractivity contribution in [3.05, 3.63) is 23.5 Å². The summed E-state index contributed by atoms with van der Waals surface area (Å²) in [5, 5.41) is 9.06. The maximum Gasteiger partial charge on any atom is 0.157 e. The van der Waals surface area contributed by atoms with Crippen LogP contribution < -0.4 is 5.32 Å². The number of piperazine rings is 1. The van der Waals surface area contributed by atoms with E-state index in [0.717, 1.165) is 37.5 Å². The molecule has 5 heteroatoms. The highest BCUT2D eigenvalue weighted by atomic mass is 15.3. The second-order valence-corrected chi connectivity index (χ2v) is 5.51. The summed E-state index contributed by atoms with van der Waals surface area (Å²) in [5.74, 6) is 0. The predicted molar refractivity (Wildman–Crippen MR) is 76.0 cm³/mol. The van der Waals surface area contributed by atoms with Crippen LogP contribution in [0.4, 0.5) is 0 Å². The van der Waals surface area contributed by atoms with Gasteiger partial charge in [0.05, 0.1) is 5.69 Å². The zero-order valence-electron chi connectivity index (χ0n) is 11.8. The summed E-state index contributed by atoms with van der Waals surface area (Å²) in [7, 11) is 1.94. The average Bonchev–Trinajstić information content (AvgIpc) is 2.65. The largest absolute Gasteiger partial charge is 0.312 e. The lowest BCUT2D eigenvalue weighted by Crippen LogP contribution is -2.48. The van der Waals surface area contributed by atoms with E-state index in [9.17, 15) is 0 Å². The van der Waals surface area contributed by atoms with Crippen molar-refractivity contribution in [1.29, 1.82) is 0 Å². The van der Waals surface area contributed by atoms with Gasteiger partial charge in [0.25, 0.3) is 0 Å². The van der Waals surface area contributed by atoms with Crippen LogP contribution in [0.5, 0.6) is 0 Å². The van der Waals surface area contributed by atoms with Crippen molar-refractivity contribution in [3.63, 3.8) is 0 Å². The fourth-order valence-corrected chi connectivity index (χ4v) is 2.85. The molecule has 5 nitrogen and oxygen atoms in total. The molecule has 1 aliphatic rings. The summed E-state index contributed by atoms with van der Waals surface area (Å²) in [6.07, 6.45) is 1.98. The van der Waals surface area contributed by atoms with Crippen LogP contribution in [0.2, 0.25) is 0 Å². The van der Waals surface area contributed by atoms with Gasteiger partial charge in [-0.15, -0.1) is 0 Å². The van der Waals surface area contributed by atoms with Crippen molar-refractivity contribution in [2.45, 2.75) is 26.4 Å². The second-order valence-electron chi connectivity index (χ2n) is 5.51. The Hall–Kier alpha value is -1.46. The number of aromatic nitrogens is 3. The molecule has 3 heterocycles. The normalized spacial score (nSPS) is 21.1. The first-order chi connectivity index (χ1) is 9.13. The molecule has 0 radical (unpaired) electrons. The van der Waals surface area contributed by atoms with E-state index in [2.05, 4.69) is 33.3 Å². The highest BCUT2D eigenvalue weighted by Gasteiger charge is 2.16. The number of nitrogens with zero attached hydrogens (tertiary/aromatic N) is 4. The third-order valence-corrected chi connectivity index (χ3v) is 3.78. The molecule has 0 amide bonds. The van der Waals surface area contributed by atoms with Crippen LogP contribution in [0.15, 0.2) is 12.3 Å². The van der Waals surface area contributed by atoms with Gasteiger partial charge in [0.15, 0.2) is 5.65 Å². The van der Waals surface area contributed by atoms with E-state index in [1.54, 1.807) is 0 Å². The molecular formula is C14H21N5. The lowest BCUT2D eigenvalue weighted by atomic mass is 10.1. The smallest absolute Gasteiger partial charge is 0.157 e. The zero-order valence-corrected chi connectivity index (χ0v) is 11.8. The Bertz CT molecular complexity index is 589. The molecular weight excluding hydrogens is 238 g/mol. The van der Waals surface area contributed by atoms with Gasteiger partial charge in [0, 0.05) is 50.9 Å². The van der Waals surface area contributed by atoms with Crippen LogP contribution in [0.3, 0.4) is 0 Å². The maximum absolute atomic E-state index is 4.54. The van der Waals surface area contributed by atoms with Crippen LogP contribution in [0, 0.1) is 6.92 Å².